The molecule has 0 N–H and O–H groups in total. The molecule has 7 nitrogen and oxygen atoms in total. The molecule has 0 spiro atoms. The summed E-state index contributed by atoms with van der Waals surface area (Å²) in [5.74, 6) is 1.18. The number of carbonyl (C=O) groups excluding carboxylic acids is 2. The minimum absolute atomic E-state index is 0.0779. The van der Waals surface area contributed by atoms with Crippen LogP contribution >= 0.6 is 0 Å². The van der Waals surface area contributed by atoms with Crippen molar-refractivity contribution in [2.24, 2.45) is 11.8 Å². The molecule has 2 saturated heterocycles. The third-order valence-corrected chi connectivity index (χ3v) is 7.71. The van der Waals surface area contributed by atoms with Gasteiger partial charge in [-0.1, -0.05) is 26.0 Å². The van der Waals surface area contributed by atoms with Gasteiger partial charge in [-0.2, -0.15) is 4.31 Å². The van der Waals surface area contributed by atoms with Crippen LogP contribution in [0.3, 0.4) is 0 Å². The van der Waals surface area contributed by atoms with Gasteiger partial charge in [0.25, 0.3) is 0 Å². The fraction of sp³-hybridized carbons (Fsp3) is 0.619. The van der Waals surface area contributed by atoms with Crippen molar-refractivity contribution in [1.82, 2.24) is 14.1 Å². The van der Waals surface area contributed by atoms with Crippen LogP contribution in [0.1, 0.15) is 37.6 Å². The fourth-order valence-electron chi connectivity index (χ4n) is 4.40. The molecule has 0 radical (unpaired) electrons. The highest BCUT2D eigenvalue weighted by atomic mass is 32.2. The number of ketones is 1. The van der Waals surface area contributed by atoms with Crippen molar-refractivity contribution in [2.45, 2.75) is 32.1 Å². The quantitative estimate of drug-likeness (QED) is 0.677. The lowest BCUT2D eigenvalue weighted by atomic mass is 9.92. The van der Waals surface area contributed by atoms with Crippen LogP contribution in [-0.4, -0.2) is 80.0 Å². The van der Waals surface area contributed by atoms with Gasteiger partial charge in [0.15, 0.2) is 5.78 Å². The first-order valence-electron chi connectivity index (χ1n) is 10.3. The monoisotopic (exact) mass is 421 g/mol. The van der Waals surface area contributed by atoms with E-state index in [1.807, 2.05) is 0 Å². The zero-order valence-electron chi connectivity index (χ0n) is 17.5. The predicted octanol–water partition coefficient (Wildman–Crippen LogP) is 1.70. The Kier molecular flexibility index (Phi) is 6.76. The molecule has 160 valence electrons. The normalized spacial score (nSPS) is 24.4. The third kappa shape index (κ3) is 5.24. The Bertz CT molecular complexity index is 835. The lowest BCUT2D eigenvalue weighted by molar-refractivity contribution is -0.134. The summed E-state index contributed by atoms with van der Waals surface area (Å²) >= 11 is 0. The number of carbonyl (C=O) groups is 2. The Balaban J connectivity index is 1.56. The standard InChI is InChI=1S/C21H31N3O4S/c1-16-12-17(2)14-22(13-16)15-21(26)23-8-10-24(11-9-23)29(27,28)20-6-4-19(5-7-20)18(3)25/h4-7,16-17H,8-15H2,1-3H3/t16-,17-/m1/s1. The first-order chi connectivity index (χ1) is 13.7. The molecule has 1 aromatic carbocycles. The topological polar surface area (TPSA) is 78.0 Å². The summed E-state index contributed by atoms with van der Waals surface area (Å²) in [6.45, 7) is 9.58. The molecule has 0 aliphatic carbocycles. The molecule has 0 bridgehead atoms. The van der Waals surface area contributed by atoms with Crippen LogP contribution in [0.25, 0.3) is 0 Å². The van der Waals surface area contributed by atoms with Gasteiger partial charge in [-0.05, 0) is 37.3 Å². The Hall–Kier alpha value is -1.77. The number of piperazine rings is 1. The minimum Gasteiger partial charge on any atom is -0.339 e. The molecule has 2 atom stereocenters. The summed E-state index contributed by atoms with van der Waals surface area (Å²) < 4.78 is 27.1. The average molecular weight is 422 g/mol. The zero-order chi connectivity index (χ0) is 21.2. The van der Waals surface area contributed by atoms with E-state index in [-0.39, 0.29) is 29.7 Å². The van der Waals surface area contributed by atoms with Gasteiger partial charge in [-0.25, -0.2) is 8.42 Å². The van der Waals surface area contributed by atoms with E-state index in [0.717, 1.165) is 13.1 Å². The lowest BCUT2D eigenvalue weighted by Gasteiger charge is -2.38. The summed E-state index contributed by atoms with van der Waals surface area (Å²) in [4.78, 5) is 28.3. The van der Waals surface area contributed by atoms with E-state index in [9.17, 15) is 18.0 Å². The maximum Gasteiger partial charge on any atom is 0.243 e. The summed E-state index contributed by atoms with van der Waals surface area (Å²) in [5.41, 5.74) is 0.487. The molecular weight excluding hydrogens is 390 g/mol. The highest BCUT2D eigenvalue weighted by Crippen LogP contribution is 2.22. The summed E-state index contributed by atoms with van der Waals surface area (Å²) in [6, 6.07) is 6.02. The number of hydrogen-bond acceptors (Lipinski definition) is 5. The van der Waals surface area contributed by atoms with Gasteiger partial charge >= 0.3 is 0 Å². The van der Waals surface area contributed by atoms with Gasteiger partial charge < -0.3 is 4.90 Å². The van der Waals surface area contributed by atoms with E-state index < -0.39 is 10.0 Å². The van der Waals surface area contributed by atoms with Gasteiger partial charge in [0, 0.05) is 44.8 Å². The number of hydrogen-bond donors (Lipinski definition) is 0. The second-order valence-electron chi connectivity index (χ2n) is 8.51. The number of sulfonamides is 1. The van der Waals surface area contributed by atoms with E-state index in [4.69, 9.17) is 0 Å². The molecule has 1 amide bonds. The summed E-state index contributed by atoms with van der Waals surface area (Å²) in [7, 11) is -3.62. The van der Waals surface area contributed by atoms with Gasteiger partial charge in [0.2, 0.25) is 15.9 Å². The fourth-order valence-corrected chi connectivity index (χ4v) is 5.82. The van der Waals surface area contributed by atoms with Crippen molar-refractivity contribution in [3.8, 4) is 0 Å². The van der Waals surface area contributed by atoms with Gasteiger partial charge in [0.05, 0.1) is 11.4 Å². The van der Waals surface area contributed by atoms with Crippen LogP contribution in [-0.2, 0) is 14.8 Å². The van der Waals surface area contributed by atoms with Gasteiger partial charge in [-0.3, -0.25) is 14.5 Å². The van der Waals surface area contributed by atoms with Crippen LogP contribution in [0.4, 0.5) is 0 Å². The van der Waals surface area contributed by atoms with Crippen LogP contribution in [0.5, 0.6) is 0 Å². The first-order valence-corrected chi connectivity index (χ1v) is 11.7. The Morgan fingerprint density at radius 3 is 2.03 bits per heavy atom. The van der Waals surface area contributed by atoms with Crippen molar-refractivity contribution in [3.05, 3.63) is 29.8 Å². The number of piperidine rings is 1. The molecule has 2 heterocycles. The molecule has 1 aromatic rings. The van der Waals surface area contributed by atoms with Crippen molar-refractivity contribution in [2.75, 3.05) is 45.8 Å². The average Bonchev–Trinajstić information content (AvgIpc) is 2.67. The molecule has 3 rings (SSSR count). The van der Waals surface area contributed by atoms with Crippen molar-refractivity contribution in [1.29, 1.82) is 0 Å². The Morgan fingerprint density at radius 2 is 1.52 bits per heavy atom. The smallest absolute Gasteiger partial charge is 0.243 e. The number of rotatable bonds is 5. The Morgan fingerprint density at radius 1 is 0.966 bits per heavy atom. The first kappa shape index (κ1) is 21.9. The molecule has 0 unspecified atom stereocenters. The van der Waals surface area contributed by atoms with Crippen LogP contribution < -0.4 is 0 Å². The van der Waals surface area contributed by atoms with Gasteiger partial charge in [0.1, 0.15) is 0 Å². The number of Topliss-reactive ketones (excluding diaryl/α,β-unsaturated/α-hetero) is 1. The molecule has 29 heavy (non-hydrogen) atoms. The van der Waals surface area contributed by atoms with Crippen molar-refractivity contribution >= 4 is 21.7 Å². The molecule has 0 aromatic heterocycles. The third-order valence-electron chi connectivity index (χ3n) is 5.79. The van der Waals surface area contributed by atoms with E-state index in [0.29, 0.717) is 37.0 Å². The van der Waals surface area contributed by atoms with E-state index in [1.165, 1.54) is 41.9 Å². The lowest BCUT2D eigenvalue weighted by Crippen LogP contribution is -2.53. The number of nitrogens with zero attached hydrogens (tertiary/aromatic N) is 3. The van der Waals surface area contributed by atoms with Crippen molar-refractivity contribution in [3.63, 3.8) is 0 Å². The van der Waals surface area contributed by atoms with Crippen LogP contribution in [0.15, 0.2) is 29.2 Å². The predicted molar refractivity (Wildman–Crippen MR) is 111 cm³/mol. The maximum atomic E-state index is 12.9. The second kappa shape index (κ2) is 8.93. The minimum atomic E-state index is -3.62. The number of likely N-dealkylation sites (tertiary alicyclic amines) is 1. The highest BCUT2D eigenvalue weighted by molar-refractivity contribution is 7.89. The molecule has 0 saturated carbocycles. The van der Waals surface area contributed by atoms with Crippen LogP contribution in [0, 0.1) is 11.8 Å². The van der Waals surface area contributed by atoms with Gasteiger partial charge in [-0.15, -0.1) is 0 Å². The number of amides is 1. The maximum absolute atomic E-state index is 12.9. The SMILES string of the molecule is CC(=O)c1ccc(S(=O)(=O)N2CCN(C(=O)CN3C[C@H](C)C[C@@H](C)C3)CC2)cc1. The molecule has 2 aliphatic rings. The number of benzene rings is 1. The van der Waals surface area contributed by atoms with E-state index in [2.05, 4.69) is 18.7 Å². The molecule has 2 aliphatic heterocycles. The van der Waals surface area contributed by atoms with E-state index >= 15 is 0 Å². The molecular formula is C21H31N3O4S. The largest absolute Gasteiger partial charge is 0.339 e. The zero-order valence-corrected chi connectivity index (χ0v) is 18.3. The van der Waals surface area contributed by atoms with E-state index in [1.54, 1.807) is 4.90 Å². The second-order valence-corrected chi connectivity index (χ2v) is 10.4. The van der Waals surface area contributed by atoms with Crippen LogP contribution in [0.2, 0.25) is 0 Å². The molecule has 2 fully saturated rings. The summed E-state index contributed by atoms with van der Waals surface area (Å²) in [5, 5.41) is 0. The van der Waals surface area contributed by atoms with Crippen molar-refractivity contribution < 1.29 is 18.0 Å². The Labute approximate surface area is 173 Å². The highest BCUT2D eigenvalue weighted by Gasteiger charge is 2.31. The summed E-state index contributed by atoms with van der Waals surface area (Å²) in [6.07, 6.45) is 1.20. The molecule has 8 heteroatoms.